The van der Waals surface area contributed by atoms with Crippen LogP contribution in [0.25, 0.3) is 11.1 Å². The van der Waals surface area contributed by atoms with E-state index >= 15 is 0 Å². The summed E-state index contributed by atoms with van der Waals surface area (Å²) < 4.78 is 37.1. The minimum atomic E-state index is -3.42. The molecule has 0 aliphatic heterocycles. The van der Waals surface area contributed by atoms with Gasteiger partial charge in [-0.25, -0.2) is 8.42 Å². The van der Waals surface area contributed by atoms with Crippen LogP contribution in [0.15, 0.2) is 91.0 Å². The molecule has 228 valence electrons. The van der Waals surface area contributed by atoms with Crippen LogP contribution in [-0.4, -0.2) is 39.2 Å². The Morgan fingerprint density at radius 3 is 2.34 bits per heavy atom. The molecule has 4 aromatic rings. The minimum absolute atomic E-state index is 0.125. The highest BCUT2D eigenvalue weighted by atomic mass is 35.5. The van der Waals surface area contributed by atoms with Gasteiger partial charge in [0.2, 0.25) is 15.9 Å². The quantitative estimate of drug-likeness (QED) is 0.200. The topological polar surface area (TPSA) is 111 Å². The highest BCUT2D eigenvalue weighted by molar-refractivity contribution is 7.92. The molecule has 4 aromatic carbocycles. The molecule has 0 bridgehead atoms. The van der Waals surface area contributed by atoms with E-state index in [0.29, 0.717) is 28.4 Å². The number of sulfonamides is 1. The van der Waals surface area contributed by atoms with Crippen molar-refractivity contribution in [2.75, 3.05) is 17.6 Å². The number of carbonyl (C=O) groups is 2. The molecular weight excluding hydrogens is 600 g/mol. The number of rotatable bonds is 11. The van der Waals surface area contributed by atoms with E-state index in [2.05, 4.69) is 16.1 Å². The number of fused-ring (bicyclic) bond motifs is 1. The second kappa shape index (κ2) is 13.5. The molecule has 2 atom stereocenters. The van der Waals surface area contributed by atoms with E-state index in [0.717, 1.165) is 34.1 Å². The van der Waals surface area contributed by atoms with Gasteiger partial charge in [0.1, 0.15) is 18.3 Å². The molecule has 10 heteroatoms. The predicted molar refractivity (Wildman–Crippen MR) is 171 cm³/mol. The highest BCUT2D eigenvalue weighted by Gasteiger charge is 2.39. The van der Waals surface area contributed by atoms with Gasteiger partial charge in [-0.05, 0) is 71.5 Å². The summed E-state index contributed by atoms with van der Waals surface area (Å²) in [4.78, 5) is 26.2. The van der Waals surface area contributed by atoms with Crippen LogP contribution >= 0.6 is 11.6 Å². The van der Waals surface area contributed by atoms with Crippen molar-refractivity contribution in [3.63, 3.8) is 0 Å². The van der Waals surface area contributed by atoms with Crippen LogP contribution in [0.5, 0.6) is 5.75 Å². The van der Waals surface area contributed by atoms with Crippen LogP contribution in [0.3, 0.4) is 0 Å². The maximum Gasteiger partial charge on any atom is 0.315 e. The van der Waals surface area contributed by atoms with E-state index in [-0.39, 0.29) is 31.5 Å². The van der Waals surface area contributed by atoms with Gasteiger partial charge in [-0.1, -0.05) is 72.3 Å². The number of benzene rings is 4. The fraction of sp³-hybridized carbons (Fsp3) is 0.235. The van der Waals surface area contributed by atoms with Crippen molar-refractivity contribution in [2.24, 2.45) is 0 Å². The number of esters is 1. The summed E-state index contributed by atoms with van der Waals surface area (Å²) >= 11 is 6.05. The van der Waals surface area contributed by atoms with Gasteiger partial charge in [-0.15, -0.1) is 0 Å². The molecule has 0 saturated carbocycles. The summed E-state index contributed by atoms with van der Waals surface area (Å²) in [6.07, 6.45) is 1.73. The summed E-state index contributed by atoms with van der Waals surface area (Å²) in [5.74, 6) is -0.576. The number of hydrogen-bond donors (Lipinski definition) is 2. The Bertz CT molecular complexity index is 1760. The molecule has 1 aliphatic rings. The second-order valence-corrected chi connectivity index (χ2v) is 12.9. The van der Waals surface area contributed by atoms with Gasteiger partial charge in [0.05, 0.1) is 31.0 Å². The molecule has 44 heavy (non-hydrogen) atoms. The lowest BCUT2D eigenvalue weighted by Crippen LogP contribution is -2.41. The molecule has 0 aromatic heterocycles. The van der Waals surface area contributed by atoms with Crippen LogP contribution in [0, 0.1) is 0 Å². The van der Waals surface area contributed by atoms with Crippen molar-refractivity contribution in [3.05, 3.63) is 118 Å². The lowest BCUT2D eigenvalue weighted by Gasteiger charge is -2.20. The van der Waals surface area contributed by atoms with Gasteiger partial charge in [-0.3, -0.25) is 14.3 Å². The molecule has 1 aliphatic carbocycles. The number of nitrogens with one attached hydrogen (secondary N) is 2. The average molecular weight is 633 g/mol. The van der Waals surface area contributed by atoms with Crippen molar-refractivity contribution in [3.8, 4) is 16.9 Å². The maximum atomic E-state index is 13.2. The molecule has 1 amide bonds. The highest BCUT2D eigenvalue weighted by Crippen LogP contribution is 2.37. The van der Waals surface area contributed by atoms with Crippen molar-refractivity contribution in [2.45, 2.75) is 38.3 Å². The van der Waals surface area contributed by atoms with E-state index in [9.17, 15) is 18.0 Å². The molecular formula is C34H33ClN2O6S. The first-order chi connectivity index (χ1) is 21.1. The largest absolute Gasteiger partial charge is 0.489 e. The zero-order valence-electron chi connectivity index (χ0n) is 24.4. The monoisotopic (exact) mass is 632 g/mol. The number of para-hydroxylation sites is 1. The van der Waals surface area contributed by atoms with Gasteiger partial charge < -0.3 is 14.8 Å². The summed E-state index contributed by atoms with van der Waals surface area (Å²) in [6.45, 7) is 2.18. The average Bonchev–Trinajstić information content (AvgIpc) is 3.34. The number of anilines is 1. The summed E-state index contributed by atoms with van der Waals surface area (Å²) in [7, 11) is -3.42. The molecule has 2 unspecified atom stereocenters. The normalized spacial score (nSPS) is 15.7. The number of amides is 1. The Morgan fingerprint density at radius 2 is 1.64 bits per heavy atom. The van der Waals surface area contributed by atoms with Crippen LogP contribution < -0.4 is 14.8 Å². The lowest BCUT2D eigenvalue weighted by atomic mass is 9.96. The second-order valence-electron chi connectivity index (χ2n) is 10.7. The molecule has 0 heterocycles. The van der Waals surface area contributed by atoms with E-state index < -0.39 is 22.0 Å². The first-order valence-electron chi connectivity index (χ1n) is 14.2. The van der Waals surface area contributed by atoms with E-state index in [1.54, 1.807) is 49.4 Å². The van der Waals surface area contributed by atoms with E-state index in [4.69, 9.17) is 21.1 Å². The van der Waals surface area contributed by atoms with E-state index in [1.165, 1.54) is 0 Å². The van der Waals surface area contributed by atoms with Gasteiger partial charge in [0, 0.05) is 10.6 Å². The molecule has 0 fully saturated rings. The number of ether oxygens (including phenoxy) is 2. The SMILES string of the molecule is CCOC(=O)C1c2ccc(-c3ccc(Cl)cc3)cc2CC1NC(=O)Cc1ccc(OCc2ccccc2NS(C)(=O)=O)cc1. The van der Waals surface area contributed by atoms with Crippen molar-refractivity contribution in [1.82, 2.24) is 5.32 Å². The third kappa shape index (κ3) is 7.78. The fourth-order valence-electron chi connectivity index (χ4n) is 5.39. The number of hydrogen-bond acceptors (Lipinski definition) is 6. The number of halogens is 1. The Kier molecular flexibility index (Phi) is 9.56. The van der Waals surface area contributed by atoms with E-state index in [1.807, 2.05) is 42.5 Å². The van der Waals surface area contributed by atoms with Crippen LogP contribution in [0.1, 0.15) is 35.1 Å². The van der Waals surface area contributed by atoms with Gasteiger partial charge in [-0.2, -0.15) is 0 Å². The van der Waals surface area contributed by atoms with Crippen molar-refractivity contribution < 1.29 is 27.5 Å². The zero-order valence-corrected chi connectivity index (χ0v) is 26.0. The first-order valence-corrected chi connectivity index (χ1v) is 16.5. The Morgan fingerprint density at radius 1 is 0.932 bits per heavy atom. The minimum Gasteiger partial charge on any atom is -0.489 e. The molecule has 0 radical (unpaired) electrons. The van der Waals surface area contributed by atoms with Crippen molar-refractivity contribution >= 4 is 39.2 Å². The summed E-state index contributed by atoms with van der Waals surface area (Å²) in [6, 6.07) is 27.3. The fourth-order valence-corrected chi connectivity index (χ4v) is 6.11. The van der Waals surface area contributed by atoms with Gasteiger partial charge in [0.25, 0.3) is 0 Å². The molecule has 0 spiro atoms. The molecule has 2 N–H and O–H groups in total. The van der Waals surface area contributed by atoms with Gasteiger partial charge in [0.15, 0.2) is 0 Å². The van der Waals surface area contributed by atoms with Gasteiger partial charge >= 0.3 is 5.97 Å². The Balaban J connectivity index is 1.23. The first kappa shape index (κ1) is 31.1. The summed E-state index contributed by atoms with van der Waals surface area (Å²) in [5.41, 5.74) is 5.81. The third-order valence-electron chi connectivity index (χ3n) is 7.38. The standard InChI is InChI=1S/C34H33ClN2O6S/c1-3-42-34(39)33-29-17-12-24(23-10-13-27(35)14-11-23)19-26(29)20-31(33)36-32(38)18-22-8-15-28(16-9-22)43-21-25-6-4-5-7-30(25)37-44(2,40)41/h4-17,19,31,33,37H,3,18,20-21H2,1-2H3,(H,36,38). The predicted octanol–water partition coefficient (Wildman–Crippen LogP) is 5.89. The lowest BCUT2D eigenvalue weighted by molar-refractivity contribution is -0.145. The smallest absolute Gasteiger partial charge is 0.315 e. The Hall–Kier alpha value is -4.34. The van der Waals surface area contributed by atoms with Crippen molar-refractivity contribution in [1.29, 1.82) is 0 Å². The van der Waals surface area contributed by atoms with Crippen LogP contribution in [0.4, 0.5) is 5.69 Å². The molecule has 0 saturated heterocycles. The van der Waals surface area contributed by atoms with Crippen LogP contribution in [0.2, 0.25) is 5.02 Å². The Labute approximate surface area is 262 Å². The maximum absolute atomic E-state index is 13.2. The molecule has 8 nitrogen and oxygen atoms in total. The third-order valence-corrected chi connectivity index (χ3v) is 8.22. The molecule has 5 rings (SSSR count). The summed E-state index contributed by atoms with van der Waals surface area (Å²) in [5, 5.41) is 3.73. The zero-order chi connectivity index (χ0) is 31.3. The number of carbonyl (C=O) groups excluding carboxylic acids is 2. The van der Waals surface area contributed by atoms with Crippen LogP contribution in [-0.2, 0) is 43.8 Å².